The number of rotatable bonds is 7. The molecule has 0 bridgehead atoms. The van der Waals surface area contributed by atoms with Gasteiger partial charge in [0.1, 0.15) is 11.6 Å². The van der Waals surface area contributed by atoms with Crippen LogP contribution in [0.4, 0.5) is 17.2 Å². The first-order valence-electron chi connectivity index (χ1n) is 8.50. The Morgan fingerprint density at radius 2 is 1.56 bits per heavy atom. The second-order valence-corrected chi connectivity index (χ2v) is 7.85. The van der Waals surface area contributed by atoms with Crippen LogP contribution in [-0.4, -0.2) is 19.5 Å². The third-order valence-corrected chi connectivity index (χ3v) is 4.96. The molecule has 27 heavy (non-hydrogen) atoms. The molecule has 0 aliphatic heterocycles. The van der Waals surface area contributed by atoms with Crippen LogP contribution >= 0.6 is 0 Å². The van der Waals surface area contributed by atoms with Crippen LogP contribution in [0.2, 0.25) is 0 Å². The molecule has 140 valence electrons. The van der Waals surface area contributed by atoms with Crippen molar-refractivity contribution in [3.8, 4) is 5.75 Å². The maximum atomic E-state index is 12.3. The van der Waals surface area contributed by atoms with Crippen molar-refractivity contribution >= 4 is 27.2 Å². The van der Waals surface area contributed by atoms with E-state index in [0.29, 0.717) is 11.5 Å². The van der Waals surface area contributed by atoms with E-state index in [-0.39, 0.29) is 11.0 Å². The number of hydrogen-bond donors (Lipinski definition) is 2. The highest BCUT2D eigenvalue weighted by Gasteiger charge is 2.13. The Bertz CT molecular complexity index is 971. The molecule has 0 atom stereocenters. The maximum Gasteiger partial charge on any atom is 0.261 e. The van der Waals surface area contributed by atoms with E-state index in [2.05, 4.69) is 15.0 Å². The molecule has 0 unspecified atom stereocenters. The minimum atomic E-state index is -3.62. The zero-order chi connectivity index (χ0) is 19.3. The van der Waals surface area contributed by atoms with Gasteiger partial charge in [-0.2, -0.15) is 0 Å². The van der Waals surface area contributed by atoms with Crippen LogP contribution < -0.4 is 14.8 Å². The number of benzene rings is 2. The Morgan fingerprint density at radius 1 is 0.889 bits per heavy atom. The molecule has 6 nitrogen and oxygen atoms in total. The van der Waals surface area contributed by atoms with Crippen molar-refractivity contribution in [3.63, 3.8) is 0 Å². The predicted molar refractivity (Wildman–Crippen MR) is 107 cm³/mol. The summed E-state index contributed by atoms with van der Waals surface area (Å²) >= 11 is 0. The first-order valence-corrected chi connectivity index (χ1v) is 9.98. The van der Waals surface area contributed by atoms with Gasteiger partial charge in [0.25, 0.3) is 10.0 Å². The van der Waals surface area contributed by atoms with Crippen LogP contribution in [-0.2, 0) is 10.0 Å². The fourth-order valence-corrected chi connectivity index (χ4v) is 3.44. The first kappa shape index (κ1) is 18.7. The van der Waals surface area contributed by atoms with Crippen LogP contribution in [0.25, 0.3) is 0 Å². The quantitative estimate of drug-likeness (QED) is 0.631. The fourth-order valence-electron chi connectivity index (χ4n) is 2.38. The maximum absolute atomic E-state index is 12.3. The van der Waals surface area contributed by atoms with Crippen molar-refractivity contribution < 1.29 is 13.2 Å². The summed E-state index contributed by atoms with van der Waals surface area (Å²) in [6.45, 7) is 3.95. The standard InChI is InChI=1S/C20H21N3O3S/c1-15(2)26-18-11-8-16(9-12-18)22-20-13-10-17(14-21-20)23-27(24,25)19-6-4-3-5-7-19/h3-15,23H,1-2H3,(H,21,22). The average molecular weight is 383 g/mol. The van der Waals surface area contributed by atoms with Gasteiger partial charge < -0.3 is 10.1 Å². The van der Waals surface area contributed by atoms with Crippen LogP contribution in [0.5, 0.6) is 5.75 Å². The smallest absolute Gasteiger partial charge is 0.261 e. The normalized spacial score (nSPS) is 11.2. The van der Waals surface area contributed by atoms with E-state index < -0.39 is 10.0 Å². The minimum absolute atomic E-state index is 0.123. The van der Waals surface area contributed by atoms with Gasteiger partial charge in [-0.25, -0.2) is 13.4 Å². The molecule has 0 saturated heterocycles. The van der Waals surface area contributed by atoms with E-state index in [1.807, 2.05) is 38.1 Å². The second kappa shape index (κ2) is 8.09. The molecule has 3 aromatic rings. The molecule has 0 aliphatic rings. The number of ether oxygens (including phenoxy) is 1. The largest absolute Gasteiger partial charge is 0.491 e. The van der Waals surface area contributed by atoms with Crippen molar-refractivity contribution in [1.82, 2.24) is 4.98 Å². The lowest BCUT2D eigenvalue weighted by atomic mass is 10.3. The summed E-state index contributed by atoms with van der Waals surface area (Å²) in [5.74, 6) is 1.41. The van der Waals surface area contributed by atoms with Gasteiger partial charge in [0.15, 0.2) is 0 Å². The van der Waals surface area contributed by atoms with Crippen LogP contribution in [0.15, 0.2) is 77.8 Å². The minimum Gasteiger partial charge on any atom is -0.491 e. The molecule has 1 heterocycles. The van der Waals surface area contributed by atoms with Gasteiger partial charge in [0.2, 0.25) is 0 Å². The summed E-state index contributed by atoms with van der Waals surface area (Å²) in [6.07, 6.45) is 1.59. The fraction of sp³-hybridized carbons (Fsp3) is 0.150. The topological polar surface area (TPSA) is 80.3 Å². The van der Waals surface area contributed by atoms with E-state index in [9.17, 15) is 8.42 Å². The lowest BCUT2D eigenvalue weighted by Gasteiger charge is -2.11. The van der Waals surface area contributed by atoms with E-state index in [1.165, 1.54) is 6.20 Å². The second-order valence-electron chi connectivity index (χ2n) is 6.17. The molecule has 0 saturated carbocycles. The highest BCUT2D eigenvalue weighted by Crippen LogP contribution is 2.21. The summed E-state index contributed by atoms with van der Waals surface area (Å²) in [4.78, 5) is 4.46. The van der Waals surface area contributed by atoms with E-state index >= 15 is 0 Å². The van der Waals surface area contributed by atoms with E-state index in [1.54, 1.807) is 42.5 Å². The summed E-state index contributed by atoms with van der Waals surface area (Å²) in [7, 11) is -3.62. The summed E-state index contributed by atoms with van der Waals surface area (Å²) < 4.78 is 32.8. The summed E-state index contributed by atoms with van der Waals surface area (Å²) in [5, 5.41) is 3.16. The zero-order valence-corrected chi connectivity index (χ0v) is 15.9. The molecular weight excluding hydrogens is 362 g/mol. The number of pyridine rings is 1. The summed E-state index contributed by atoms with van der Waals surface area (Å²) in [5.41, 5.74) is 1.25. The lowest BCUT2D eigenvalue weighted by Crippen LogP contribution is -2.13. The molecule has 1 aromatic heterocycles. The highest BCUT2D eigenvalue weighted by atomic mass is 32.2. The molecule has 2 N–H and O–H groups in total. The number of aromatic nitrogens is 1. The molecule has 0 spiro atoms. The van der Waals surface area contributed by atoms with Crippen LogP contribution in [0.1, 0.15) is 13.8 Å². The number of nitrogens with one attached hydrogen (secondary N) is 2. The van der Waals surface area contributed by atoms with Gasteiger partial charge in [-0.15, -0.1) is 0 Å². The Hall–Kier alpha value is -3.06. The van der Waals surface area contributed by atoms with Crippen molar-refractivity contribution in [2.24, 2.45) is 0 Å². The number of hydrogen-bond acceptors (Lipinski definition) is 5. The van der Waals surface area contributed by atoms with Crippen LogP contribution in [0, 0.1) is 0 Å². The third kappa shape index (κ3) is 5.21. The Labute approximate surface area is 159 Å². The Kier molecular flexibility index (Phi) is 5.61. The van der Waals surface area contributed by atoms with Crippen molar-refractivity contribution in [1.29, 1.82) is 0 Å². The van der Waals surface area contributed by atoms with Crippen LogP contribution in [0.3, 0.4) is 0 Å². The van der Waals surface area contributed by atoms with Gasteiger partial charge in [0, 0.05) is 5.69 Å². The summed E-state index contributed by atoms with van der Waals surface area (Å²) in [6, 6.07) is 19.1. The molecule has 0 radical (unpaired) electrons. The van der Waals surface area contributed by atoms with Crippen molar-refractivity contribution in [2.45, 2.75) is 24.8 Å². The molecule has 7 heteroatoms. The zero-order valence-electron chi connectivity index (χ0n) is 15.1. The van der Waals surface area contributed by atoms with Gasteiger partial charge in [-0.1, -0.05) is 18.2 Å². The monoisotopic (exact) mass is 383 g/mol. The average Bonchev–Trinajstić information content (AvgIpc) is 2.65. The number of anilines is 3. The van der Waals surface area contributed by atoms with Gasteiger partial charge in [-0.05, 0) is 62.4 Å². The lowest BCUT2D eigenvalue weighted by molar-refractivity contribution is 0.242. The third-order valence-electron chi connectivity index (χ3n) is 3.57. The van der Waals surface area contributed by atoms with Gasteiger partial charge in [0.05, 0.1) is 22.9 Å². The van der Waals surface area contributed by atoms with Crippen molar-refractivity contribution in [3.05, 3.63) is 72.9 Å². The molecule has 0 fully saturated rings. The molecule has 0 amide bonds. The van der Waals surface area contributed by atoms with Gasteiger partial charge in [-0.3, -0.25) is 4.72 Å². The molecule has 2 aromatic carbocycles. The van der Waals surface area contributed by atoms with Gasteiger partial charge >= 0.3 is 0 Å². The molecular formula is C20H21N3O3S. The first-order chi connectivity index (χ1) is 12.9. The van der Waals surface area contributed by atoms with E-state index in [4.69, 9.17) is 4.74 Å². The Balaban J connectivity index is 1.65. The molecule has 0 aliphatic carbocycles. The Morgan fingerprint density at radius 3 is 2.15 bits per heavy atom. The predicted octanol–water partition coefficient (Wildman–Crippen LogP) is 4.41. The van der Waals surface area contributed by atoms with E-state index in [0.717, 1.165) is 11.4 Å². The number of sulfonamides is 1. The number of nitrogens with zero attached hydrogens (tertiary/aromatic N) is 1. The SMILES string of the molecule is CC(C)Oc1ccc(Nc2ccc(NS(=O)(=O)c3ccccc3)cn2)cc1. The van der Waals surface area contributed by atoms with Crippen molar-refractivity contribution in [2.75, 3.05) is 10.0 Å². The molecule has 3 rings (SSSR count). The highest BCUT2D eigenvalue weighted by molar-refractivity contribution is 7.92.